The highest BCUT2D eigenvalue weighted by atomic mass is 32.1. The molecule has 1 aromatic heterocycles. The van der Waals surface area contributed by atoms with Gasteiger partial charge in [0.15, 0.2) is 0 Å². The molecule has 6 heteroatoms. The van der Waals surface area contributed by atoms with Gasteiger partial charge in [-0.05, 0) is 0 Å². The molecule has 0 radical (unpaired) electrons. The number of hydrogen-bond acceptors (Lipinski definition) is 5. The van der Waals surface area contributed by atoms with Crippen molar-refractivity contribution in [1.29, 1.82) is 0 Å². The van der Waals surface area contributed by atoms with E-state index in [2.05, 4.69) is 14.7 Å². The third-order valence-electron chi connectivity index (χ3n) is 1.35. The van der Waals surface area contributed by atoms with Crippen molar-refractivity contribution < 1.29 is 9.90 Å². The zero-order valence-corrected chi connectivity index (χ0v) is 8.26. The number of carboxylic acids is 1. The fraction of sp³-hybridized carbons (Fsp3) is 0.571. The maximum Gasteiger partial charge on any atom is 0.322 e. The molecule has 0 saturated carbocycles. The van der Waals surface area contributed by atoms with Gasteiger partial charge in [-0.15, -0.1) is 0 Å². The Labute approximate surface area is 80.0 Å². The van der Waals surface area contributed by atoms with Crippen molar-refractivity contribution in [3.05, 3.63) is 5.82 Å². The van der Waals surface area contributed by atoms with Crippen LogP contribution in [0.15, 0.2) is 0 Å². The summed E-state index contributed by atoms with van der Waals surface area (Å²) in [4.78, 5) is 14.3. The van der Waals surface area contributed by atoms with E-state index >= 15 is 0 Å². The van der Waals surface area contributed by atoms with Crippen molar-refractivity contribution in [3.8, 4) is 0 Å². The fourth-order valence-electron chi connectivity index (χ4n) is 0.692. The largest absolute Gasteiger partial charge is 0.480 e. The van der Waals surface area contributed by atoms with E-state index in [4.69, 9.17) is 5.11 Å². The van der Waals surface area contributed by atoms with E-state index in [0.717, 1.165) is 5.82 Å². The number of hydrogen-bond donors (Lipinski definition) is 2. The lowest BCUT2D eigenvalue weighted by Gasteiger charge is -1.96. The number of nitrogens with zero attached hydrogens (tertiary/aromatic N) is 2. The summed E-state index contributed by atoms with van der Waals surface area (Å²) in [7, 11) is 0. The highest BCUT2D eigenvalue weighted by Crippen LogP contribution is 2.16. The number of aromatic nitrogens is 2. The Morgan fingerprint density at radius 2 is 2.38 bits per heavy atom. The topological polar surface area (TPSA) is 75.1 Å². The van der Waals surface area contributed by atoms with Crippen molar-refractivity contribution in [2.75, 3.05) is 11.9 Å². The zero-order chi connectivity index (χ0) is 9.84. The Kier molecular flexibility index (Phi) is 3.18. The predicted octanol–water partition coefficient (Wildman–Crippen LogP) is 1.16. The van der Waals surface area contributed by atoms with E-state index in [1.54, 1.807) is 0 Å². The molecule has 2 N–H and O–H groups in total. The molecule has 0 aliphatic carbocycles. The average molecular weight is 201 g/mol. The predicted molar refractivity (Wildman–Crippen MR) is 50.1 cm³/mol. The first-order chi connectivity index (χ1) is 6.09. The number of rotatable bonds is 4. The number of carboxylic acid groups (broad SMARTS) is 1. The van der Waals surface area contributed by atoms with Crippen molar-refractivity contribution in [3.63, 3.8) is 0 Å². The van der Waals surface area contributed by atoms with Gasteiger partial charge < -0.3 is 10.4 Å². The molecular formula is C7H11N3O2S. The molecule has 0 atom stereocenters. The van der Waals surface area contributed by atoms with Crippen molar-refractivity contribution in [2.24, 2.45) is 0 Å². The fourth-order valence-corrected chi connectivity index (χ4v) is 1.40. The van der Waals surface area contributed by atoms with E-state index in [0.29, 0.717) is 5.13 Å². The van der Waals surface area contributed by atoms with Crippen molar-refractivity contribution in [1.82, 2.24) is 9.36 Å². The number of aliphatic carboxylic acids is 1. The molecule has 0 aliphatic heterocycles. The monoisotopic (exact) mass is 201 g/mol. The molecule has 0 aliphatic rings. The van der Waals surface area contributed by atoms with E-state index in [1.807, 2.05) is 13.8 Å². The van der Waals surface area contributed by atoms with Gasteiger partial charge in [-0.25, -0.2) is 4.98 Å². The number of anilines is 1. The lowest BCUT2D eigenvalue weighted by atomic mass is 10.2. The molecular weight excluding hydrogens is 190 g/mol. The minimum Gasteiger partial charge on any atom is -0.480 e. The zero-order valence-electron chi connectivity index (χ0n) is 7.44. The lowest BCUT2D eigenvalue weighted by Crippen LogP contribution is -2.12. The summed E-state index contributed by atoms with van der Waals surface area (Å²) in [5, 5.41) is 11.6. The second-order valence-electron chi connectivity index (χ2n) is 2.86. The van der Waals surface area contributed by atoms with Crippen LogP contribution in [0.1, 0.15) is 25.6 Å². The van der Waals surface area contributed by atoms with Crippen LogP contribution in [0.5, 0.6) is 0 Å². The van der Waals surface area contributed by atoms with Gasteiger partial charge in [-0.1, -0.05) is 13.8 Å². The van der Waals surface area contributed by atoms with E-state index < -0.39 is 5.97 Å². The van der Waals surface area contributed by atoms with Crippen LogP contribution >= 0.6 is 11.5 Å². The number of nitrogens with one attached hydrogen (secondary N) is 1. The summed E-state index contributed by atoms with van der Waals surface area (Å²) in [5.41, 5.74) is 0. The molecule has 0 aromatic carbocycles. The van der Waals surface area contributed by atoms with Gasteiger partial charge >= 0.3 is 5.97 Å². The van der Waals surface area contributed by atoms with Crippen LogP contribution in [0.2, 0.25) is 0 Å². The summed E-state index contributed by atoms with van der Waals surface area (Å²) in [6, 6.07) is 0. The Balaban J connectivity index is 2.54. The molecule has 1 heterocycles. The molecule has 5 nitrogen and oxygen atoms in total. The Bertz CT molecular complexity index is 298. The Hall–Kier alpha value is -1.17. The van der Waals surface area contributed by atoms with Gasteiger partial charge in [0, 0.05) is 17.5 Å². The normalized spacial score (nSPS) is 10.4. The maximum atomic E-state index is 10.2. The molecule has 0 amide bonds. The molecule has 1 aromatic rings. The van der Waals surface area contributed by atoms with Crippen LogP contribution in [-0.2, 0) is 4.79 Å². The van der Waals surface area contributed by atoms with Gasteiger partial charge in [0.2, 0.25) is 5.13 Å². The van der Waals surface area contributed by atoms with Crippen LogP contribution in [0, 0.1) is 0 Å². The Morgan fingerprint density at radius 3 is 2.85 bits per heavy atom. The second-order valence-corrected chi connectivity index (χ2v) is 3.61. The van der Waals surface area contributed by atoms with Crippen LogP contribution in [0.4, 0.5) is 5.13 Å². The van der Waals surface area contributed by atoms with Crippen molar-refractivity contribution >= 4 is 22.6 Å². The first-order valence-corrected chi connectivity index (χ1v) is 4.66. The SMILES string of the molecule is CC(C)c1nsc(NCC(=O)O)n1. The quantitative estimate of drug-likeness (QED) is 0.764. The number of carbonyl (C=O) groups is 1. The molecule has 72 valence electrons. The van der Waals surface area contributed by atoms with Gasteiger partial charge in [-0.3, -0.25) is 4.79 Å². The molecule has 0 spiro atoms. The maximum absolute atomic E-state index is 10.2. The van der Waals surface area contributed by atoms with E-state index in [9.17, 15) is 4.79 Å². The van der Waals surface area contributed by atoms with Gasteiger partial charge in [0.25, 0.3) is 0 Å². The van der Waals surface area contributed by atoms with Gasteiger partial charge in [0.1, 0.15) is 12.4 Å². The molecule has 0 fully saturated rings. The highest BCUT2D eigenvalue weighted by molar-refractivity contribution is 7.09. The summed E-state index contributed by atoms with van der Waals surface area (Å²) < 4.78 is 4.07. The van der Waals surface area contributed by atoms with Crippen LogP contribution in [-0.4, -0.2) is 27.0 Å². The van der Waals surface area contributed by atoms with Crippen molar-refractivity contribution in [2.45, 2.75) is 19.8 Å². The summed E-state index contributed by atoms with van der Waals surface area (Å²) in [6.45, 7) is 3.86. The van der Waals surface area contributed by atoms with Crippen LogP contribution < -0.4 is 5.32 Å². The molecule has 0 saturated heterocycles. The average Bonchev–Trinajstić information content (AvgIpc) is 2.48. The van der Waals surface area contributed by atoms with Gasteiger partial charge in [-0.2, -0.15) is 4.37 Å². The highest BCUT2D eigenvalue weighted by Gasteiger charge is 2.07. The second kappa shape index (κ2) is 4.18. The summed E-state index contributed by atoms with van der Waals surface area (Å²) >= 11 is 1.18. The third kappa shape index (κ3) is 2.98. The first-order valence-electron chi connectivity index (χ1n) is 3.89. The van der Waals surface area contributed by atoms with Gasteiger partial charge in [0.05, 0.1) is 0 Å². The molecule has 13 heavy (non-hydrogen) atoms. The summed E-state index contributed by atoms with van der Waals surface area (Å²) in [5.74, 6) is 0.121. The lowest BCUT2D eigenvalue weighted by molar-refractivity contribution is -0.134. The Morgan fingerprint density at radius 1 is 1.69 bits per heavy atom. The molecule has 0 bridgehead atoms. The smallest absolute Gasteiger partial charge is 0.322 e. The third-order valence-corrected chi connectivity index (χ3v) is 2.04. The van der Waals surface area contributed by atoms with Crippen LogP contribution in [0.25, 0.3) is 0 Å². The van der Waals surface area contributed by atoms with Crippen LogP contribution in [0.3, 0.4) is 0 Å². The minimum atomic E-state index is -0.902. The first kappa shape index (κ1) is 9.91. The van der Waals surface area contributed by atoms with E-state index in [1.165, 1.54) is 11.5 Å². The standard InChI is InChI=1S/C7H11N3O2S/c1-4(2)6-9-7(13-10-6)8-3-5(11)12/h4H,3H2,1-2H3,(H,11,12)(H,8,9,10). The van der Waals surface area contributed by atoms with E-state index in [-0.39, 0.29) is 12.5 Å². The minimum absolute atomic E-state index is 0.118. The summed E-state index contributed by atoms with van der Waals surface area (Å²) in [6.07, 6.45) is 0. The molecule has 1 rings (SSSR count). The molecule has 0 unspecified atom stereocenters.